The van der Waals surface area contributed by atoms with Gasteiger partial charge in [0.05, 0.1) is 12.2 Å². The van der Waals surface area contributed by atoms with Crippen LogP contribution in [0.3, 0.4) is 0 Å². The Bertz CT molecular complexity index is 536. The van der Waals surface area contributed by atoms with Gasteiger partial charge in [-0.1, -0.05) is 0 Å². The number of hydrogen-bond acceptors (Lipinski definition) is 2. The van der Waals surface area contributed by atoms with E-state index in [-0.39, 0.29) is 24.2 Å². The van der Waals surface area contributed by atoms with Crippen LogP contribution in [0.5, 0.6) is 0 Å². The van der Waals surface area contributed by atoms with Crippen LogP contribution >= 0.6 is 0 Å². The van der Waals surface area contributed by atoms with Crippen LogP contribution in [0.2, 0.25) is 0 Å². The minimum atomic E-state index is -4.37. The third-order valence-electron chi connectivity index (χ3n) is 3.99. The molecule has 108 valence electrons. The third-order valence-corrected chi connectivity index (χ3v) is 3.99. The van der Waals surface area contributed by atoms with Crippen LogP contribution in [0.1, 0.15) is 29.9 Å². The minimum Gasteiger partial charge on any atom is -0.381 e. The van der Waals surface area contributed by atoms with Crippen molar-refractivity contribution in [3.8, 4) is 0 Å². The monoisotopic (exact) mass is 285 g/mol. The molecule has 6 heteroatoms. The first-order chi connectivity index (χ1) is 9.45. The topological polar surface area (TPSA) is 38.3 Å². The zero-order chi connectivity index (χ0) is 14.3. The standard InChI is InChI=1S/C14H14F3NO2/c15-14(16,17)9-1-2-12-11(5-9)10(6-13(19)18-12)8-3-4-20-7-8/h1-2,5,8,10H,3-4,6-7H2,(H,18,19). The van der Waals surface area contributed by atoms with Gasteiger partial charge < -0.3 is 10.1 Å². The Morgan fingerprint density at radius 3 is 2.75 bits per heavy atom. The number of halogens is 3. The van der Waals surface area contributed by atoms with Crippen molar-refractivity contribution in [1.82, 2.24) is 0 Å². The van der Waals surface area contributed by atoms with Crippen LogP contribution in [-0.2, 0) is 15.7 Å². The highest BCUT2D eigenvalue weighted by Crippen LogP contribution is 2.42. The van der Waals surface area contributed by atoms with Crippen LogP contribution in [0.4, 0.5) is 18.9 Å². The van der Waals surface area contributed by atoms with Gasteiger partial charge in [-0.15, -0.1) is 0 Å². The van der Waals surface area contributed by atoms with E-state index in [1.54, 1.807) is 0 Å². The molecule has 0 aliphatic carbocycles. The lowest BCUT2D eigenvalue weighted by Crippen LogP contribution is -2.28. The normalized spacial score (nSPS) is 26.2. The Balaban J connectivity index is 2.01. The number of fused-ring (bicyclic) bond motifs is 1. The van der Waals surface area contributed by atoms with E-state index in [0.717, 1.165) is 18.6 Å². The zero-order valence-electron chi connectivity index (χ0n) is 10.7. The summed E-state index contributed by atoms with van der Waals surface area (Å²) in [6, 6.07) is 3.52. The maximum absolute atomic E-state index is 12.8. The molecule has 2 heterocycles. The van der Waals surface area contributed by atoms with E-state index in [9.17, 15) is 18.0 Å². The molecular formula is C14H14F3NO2. The molecule has 2 aliphatic rings. The van der Waals surface area contributed by atoms with Crippen molar-refractivity contribution in [2.75, 3.05) is 18.5 Å². The summed E-state index contributed by atoms with van der Waals surface area (Å²) in [7, 11) is 0. The summed E-state index contributed by atoms with van der Waals surface area (Å²) in [5.74, 6) is -0.221. The van der Waals surface area contributed by atoms with E-state index in [0.29, 0.717) is 24.5 Å². The van der Waals surface area contributed by atoms with Crippen molar-refractivity contribution in [3.63, 3.8) is 0 Å². The van der Waals surface area contributed by atoms with Crippen molar-refractivity contribution in [3.05, 3.63) is 29.3 Å². The predicted molar refractivity (Wildman–Crippen MR) is 66.4 cm³/mol. The van der Waals surface area contributed by atoms with E-state index in [1.807, 2.05) is 0 Å². The SMILES string of the molecule is O=C1CC(C2CCOC2)c2cc(C(F)(F)F)ccc2N1. The van der Waals surface area contributed by atoms with Gasteiger partial charge in [0.1, 0.15) is 0 Å². The van der Waals surface area contributed by atoms with Crippen molar-refractivity contribution in [1.29, 1.82) is 0 Å². The fraction of sp³-hybridized carbons (Fsp3) is 0.500. The Morgan fingerprint density at radius 2 is 2.10 bits per heavy atom. The van der Waals surface area contributed by atoms with E-state index in [2.05, 4.69) is 5.32 Å². The summed E-state index contributed by atoms with van der Waals surface area (Å²) in [6.07, 6.45) is -3.36. The molecule has 1 amide bonds. The lowest BCUT2D eigenvalue weighted by molar-refractivity contribution is -0.137. The summed E-state index contributed by atoms with van der Waals surface area (Å²) in [5, 5.41) is 2.64. The molecule has 3 rings (SSSR count). The largest absolute Gasteiger partial charge is 0.416 e. The maximum Gasteiger partial charge on any atom is 0.416 e. The van der Waals surface area contributed by atoms with E-state index >= 15 is 0 Å². The lowest BCUT2D eigenvalue weighted by Gasteiger charge is -2.30. The number of rotatable bonds is 1. The number of benzene rings is 1. The summed E-state index contributed by atoms with van der Waals surface area (Å²) in [4.78, 5) is 11.7. The molecule has 2 atom stereocenters. The summed E-state index contributed by atoms with van der Waals surface area (Å²) in [5.41, 5.74) is 0.400. The molecule has 1 N–H and O–H groups in total. The van der Waals surface area contributed by atoms with Crippen LogP contribution in [-0.4, -0.2) is 19.1 Å². The molecule has 1 aromatic carbocycles. The molecule has 0 aromatic heterocycles. The number of carbonyl (C=O) groups excluding carboxylic acids is 1. The van der Waals surface area contributed by atoms with Crippen LogP contribution in [0, 0.1) is 5.92 Å². The maximum atomic E-state index is 12.8. The average molecular weight is 285 g/mol. The molecule has 0 saturated carbocycles. The molecule has 0 bridgehead atoms. The smallest absolute Gasteiger partial charge is 0.381 e. The molecule has 1 aromatic rings. The van der Waals surface area contributed by atoms with Gasteiger partial charge in [0, 0.05) is 18.7 Å². The highest BCUT2D eigenvalue weighted by Gasteiger charge is 2.37. The quantitative estimate of drug-likeness (QED) is 0.860. The number of ether oxygens (including phenoxy) is 1. The molecule has 3 nitrogen and oxygen atoms in total. The van der Waals surface area contributed by atoms with Gasteiger partial charge in [-0.05, 0) is 42.0 Å². The van der Waals surface area contributed by atoms with Crippen molar-refractivity contribution >= 4 is 11.6 Å². The average Bonchev–Trinajstić information content (AvgIpc) is 2.89. The second-order valence-corrected chi connectivity index (χ2v) is 5.28. The minimum absolute atomic E-state index is 0.114. The first-order valence-corrected chi connectivity index (χ1v) is 6.54. The molecule has 2 unspecified atom stereocenters. The number of alkyl halides is 3. The Labute approximate surface area is 114 Å². The number of nitrogens with one attached hydrogen (secondary N) is 1. The highest BCUT2D eigenvalue weighted by atomic mass is 19.4. The number of carbonyl (C=O) groups is 1. The predicted octanol–water partition coefficient (Wildman–Crippen LogP) is 3.17. The van der Waals surface area contributed by atoms with Gasteiger partial charge in [-0.25, -0.2) is 0 Å². The van der Waals surface area contributed by atoms with Gasteiger partial charge in [0.25, 0.3) is 0 Å². The van der Waals surface area contributed by atoms with Crippen molar-refractivity contribution < 1.29 is 22.7 Å². The van der Waals surface area contributed by atoms with Crippen LogP contribution in [0.15, 0.2) is 18.2 Å². The van der Waals surface area contributed by atoms with Crippen LogP contribution in [0.25, 0.3) is 0 Å². The van der Waals surface area contributed by atoms with E-state index < -0.39 is 11.7 Å². The Hall–Kier alpha value is -1.56. The molecule has 0 spiro atoms. The molecule has 1 fully saturated rings. The molecule has 1 saturated heterocycles. The fourth-order valence-corrected chi connectivity index (χ4v) is 2.96. The Morgan fingerprint density at radius 1 is 1.30 bits per heavy atom. The Kier molecular flexibility index (Phi) is 3.20. The van der Waals surface area contributed by atoms with Crippen molar-refractivity contribution in [2.24, 2.45) is 5.92 Å². The van der Waals surface area contributed by atoms with Crippen LogP contribution < -0.4 is 5.32 Å². The number of anilines is 1. The first kappa shape index (κ1) is 13.4. The van der Waals surface area contributed by atoms with Crippen molar-refractivity contribution in [2.45, 2.75) is 24.9 Å². The summed E-state index contributed by atoms with van der Waals surface area (Å²) < 4.78 is 43.8. The summed E-state index contributed by atoms with van der Waals surface area (Å²) >= 11 is 0. The van der Waals surface area contributed by atoms with Gasteiger partial charge in [0.2, 0.25) is 5.91 Å². The second kappa shape index (κ2) is 4.77. The third kappa shape index (κ3) is 2.40. The van der Waals surface area contributed by atoms with Gasteiger partial charge in [-0.3, -0.25) is 4.79 Å². The molecule has 20 heavy (non-hydrogen) atoms. The van der Waals surface area contributed by atoms with E-state index in [1.165, 1.54) is 6.07 Å². The van der Waals surface area contributed by atoms with Gasteiger partial charge in [-0.2, -0.15) is 13.2 Å². The summed E-state index contributed by atoms with van der Waals surface area (Å²) in [6.45, 7) is 1.12. The number of hydrogen-bond donors (Lipinski definition) is 1. The molecule has 0 radical (unpaired) electrons. The fourth-order valence-electron chi connectivity index (χ4n) is 2.96. The van der Waals surface area contributed by atoms with Gasteiger partial charge >= 0.3 is 6.18 Å². The first-order valence-electron chi connectivity index (χ1n) is 6.54. The lowest BCUT2D eigenvalue weighted by atomic mass is 9.79. The number of amides is 1. The van der Waals surface area contributed by atoms with E-state index in [4.69, 9.17) is 4.74 Å². The second-order valence-electron chi connectivity index (χ2n) is 5.28. The highest BCUT2D eigenvalue weighted by molar-refractivity contribution is 5.94. The molecular weight excluding hydrogens is 271 g/mol. The zero-order valence-corrected chi connectivity index (χ0v) is 10.7. The molecule has 2 aliphatic heterocycles. The van der Waals surface area contributed by atoms with Gasteiger partial charge in [0.15, 0.2) is 0 Å².